The molecule has 0 heterocycles. The van der Waals surface area contributed by atoms with Crippen LogP contribution in [0.15, 0.2) is 4.99 Å². The van der Waals surface area contributed by atoms with Crippen molar-refractivity contribution in [2.45, 2.75) is 44.8 Å². The van der Waals surface area contributed by atoms with Crippen LogP contribution in [-0.2, 0) is 0 Å². The fourth-order valence-corrected chi connectivity index (χ4v) is 2.40. The fourth-order valence-electron chi connectivity index (χ4n) is 2.15. The molecule has 0 saturated heterocycles. The van der Waals surface area contributed by atoms with E-state index in [1.54, 1.807) is 0 Å². The van der Waals surface area contributed by atoms with E-state index >= 15 is 0 Å². The second-order valence-corrected chi connectivity index (χ2v) is 6.34. The van der Waals surface area contributed by atoms with Gasteiger partial charge in [-0.25, -0.2) is 0 Å². The Morgan fingerprint density at radius 1 is 1.41 bits per heavy atom. The first kappa shape index (κ1) is 14.7. The maximum absolute atomic E-state index is 4.28. The Kier molecular flexibility index (Phi) is 6.17. The van der Waals surface area contributed by atoms with Gasteiger partial charge < -0.3 is 10.6 Å². The molecule has 0 aromatic heterocycles. The maximum atomic E-state index is 4.28. The first-order chi connectivity index (χ1) is 8.15. The molecule has 1 atom stereocenters. The molecule has 0 aliphatic heterocycles. The summed E-state index contributed by atoms with van der Waals surface area (Å²) >= 11 is 1.88. The molecule has 1 aliphatic carbocycles. The van der Waals surface area contributed by atoms with Crippen LogP contribution in [0.5, 0.6) is 0 Å². The highest BCUT2D eigenvalue weighted by Crippen LogP contribution is 2.42. The molecular formula is C13H27N3S. The van der Waals surface area contributed by atoms with Gasteiger partial charge in [-0.05, 0) is 30.9 Å². The van der Waals surface area contributed by atoms with Gasteiger partial charge in [0.1, 0.15) is 0 Å². The van der Waals surface area contributed by atoms with E-state index in [4.69, 9.17) is 0 Å². The van der Waals surface area contributed by atoms with E-state index in [-0.39, 0.29) is 0 Å². The van der Waals surface area contributed by atoms with Gasteiger partial charge in [-0.2, -0.15) is 11.8 Å². The Hall–Kier alpha value is -0.380. The number of nitrogens with zero attached hydrogens (tertiary/aromatic N) is 1. The molecule has 100 valence electrons. The van der Waals surface area contributed by atoms with Crippen molar-refractivity contribution in [1.82, 2.24) is 10.6 Å². The number of thioether (sulfide) groups is 1. The second-order valence-electron chi connectivity index (χ2n) is 5.06. The van der Waals surface area contributed by atoms with Crippen molar-refractivity contribution in [2.24, 2.45) is 10.4 Å². The molecule has 1 rings (SSSR count). The normalized spacial score (nSPS) is 20.6. The minimum absolute atomic E-state index is 0.544. The molecule has 0 aromatic carbocycles. The zero-order valence-corrected chi connectivity index (χ0v) is 12.5. The summed E-state index contributed by atoms with van der Waals surface area (Å²) in [5.74, 6) is 0.950. The standard InChI is InChI=1S/C13H27N3S/c1-5-13(7-6-8-13)10-16-12(14-3)15-9-11(2)17-4/h11H,5-10H2,1-4H3,(H2,14,15,16). The minimum Gasteiger partial charge on any atom is -0.356 e. The van der Waals surface area contributed by atoms with Crippen molar-refractivity contribution in [2.75, 3.05) is 26.4 Å². The highest BCUT2D eigenvalue weighted by atomic mass is 32.2. The van der Waals surface area contributed by atoms with Crippen molar-refractivity contribution in [1.29, 1.82) is 0 Å². The summed E-state index contributed by atoms with van der Waals surface area (Å²) < 4.78 is 0. The molecule has 0 amide bonds. The molecule has 0 spiro atoms. The summed E-state index contributed by atoms with van der Waals surface area (Å²) in [5, 5.41) is 7.48. The second kappa shape index (κ2) is 7.14. The third-order valence-electron chi connectivity index (χ3n) is 3.98. The van der Waals surface area contributed by atoms with Crippen molar-refractivity contribution >= 4 is 17.7 Å². The number of hydrogen-bond donors (Lipinski definition) is 2. The van der Waals surface area contributed by atoms with Gasteiger partial charge in [0, 0.05) is 25.4 Å². The first-order valence-electron chi connectivity index (χ1n) is 6.63. The fraction of sp³-hybridized carbons (Fsp3) is 0.923. The zero-order valence-electron chi connectivity index (χ0n) is 11.7. The van der Waals surface area contributed by atoms with Gasteiger partial charge in [0.25, 0.3) is 0 Å². The summed E-state index contributed by atoms with van der Waals surface area (Å²) in [5.41, 5.74) is 0.544. The van der Waals surface area contributed by atoms with Crippen LogP contribution in [0.1, 0.15) is 39.5 Å². The van der Waals surface area contributed by atoms with Gasteiger partial charge in [0.2, 0.25) is 0 Å². The lowest BCUT2D eigenvalue weighted by Crippen LogP contribution is -2.47. The maximum Gasteiger partial charge on any atom is 0.191 e. The Balaban J connectivity index is 2.27. The van der Waals surface area contributed by atoms with E-state index in [1.807, 2.05) is 18.8 Å². The monoisotopic (exact) mass is 257 g/mol. The van der Waals surface area contributed by atoms with Gasteiger partial charge in [-0.15, -0.1) is 0 Å². The molecule has 2 N–H and O–H groups in total. The van der Waals surface area contributed by atoms with E-state index in [0.29, 0.717) is 10.7 Å². The molecule has 4 heteroatoms. The van der Waals surface area contributed by atoms with Crippen molar-refractivity contribution in [3.05, 3.63) is 0 Å². The highest BCUT2D eigenvalue weighted by molar-refractivity contribution is 7.99. The number of aliphatic imine (C=N–C) groups is 1. The van der Waals surface area contributed by atoms with Crippen molar-refractivity contribution in [3.8, 4) is 0 Å². The lowest BCUT2D eigenvalue weighted by atomic mass is 9.67. The summed E-state index contributed by atoms with van der Waals surface area (Å²) in [6, 6.07) is 0. The quantitative estimate of drug-likeness (QED) is 0.567. The molecule has 1 saturated carbocycles. The number of hydrogen-bond acceptors (Lipinski definition) is 2. The lowest BCUT2D eigenvalue weighted by Gasteiger charge is -2.41. The third-order valence-corrected chi connectivity index (χ3v) is 4.95. The van der Waals surface area contributed by atoms with Crippen LogP contribution in [0.3, 0.4) is 0 Å². The van der Waals surface area contributed by atoms with E-state index < -0.39 is 0 Å². The number of rotatable bonds is 6. The molecular weight excluding hydrogens is 230 g/mol. The Bertz CT molecular complexity index is 244. The van der Waals surface area contributed by atoms with E-state index in [2.05, 4.69) is 35.7 Å². The number of guanidine groups is 1. The molecule has 1 unspecified atom stereocenters. The Morgan fingerprint density at radius 2 is 2.12 bits per heavy atom. The summed E-state index contributed by atoms with van der Waals surface area (Å²) in [6.45, 7) is 6.56. The molecule has 0 aromatic rings. The average molecular weight is 257 g/mol. The minimum atomic E-state index is 0.544. The largest absolute Gasteiger partial charge is 0.356 e. The summed E-state index contributed by atoms with van der Waals surface area (Å²) in [6.07, 6.45) is 7.55. The van der Waals surface area contributed by atoms with Crippen LogP contribution in [0.25, 0.3) is 0 Å². The smallest absolute Gasteiger partial charge is 0.191 e. The van der Waals surface area contributed by atoms with Crippen molar-refractivity contribution in [3.63, 3.8) is 0 Å². The highest BCUT2D eigenvalue weighted by Gasteiger charge is 2.34. The molecule has 1 fully saturated rings. The van der Waals surface area contributed by atoms with Gasteiger partial charge in [-0.1, -0.05) is 20.3 Å². The molecule has 1 aliphatic rings. The van der Waals surface area contributed by atoms with Crippen LogP contribution in [0, 0.1) is 5.41 Å². The average Bonchev–Trinajstić information content (AvgIpc) is 2.31. The Labute approximate surface area is 110 Å². The Morgan fingerprint density at radius 3 is 2.53 bits per heavy atom. The van der Waals surface area contributed by atoms with Crippen LogP contribution in [0.4, 0.5) is 0 Å². The van der Waals surface area contributed by atoms with E-state index in [1.165, 1.54) is 25.7 Å². The van der Waals surface area contributed by atoms with Crippen LogP contribution in [0.2, 0.25) is 0 Å². The molecule has 3 nitrogen and oxygen atoms in total. The third kappa shape index (κ3) is 4.41. The van der Waals surface area contributed by atoms with Crippen LogP contribution < -0.4 is 10.6 Å². The van der Waals surface area contributed by atoms with Crippen molar-refractivity contribution < 1.29 is 0 Å². The van der Waals surface area contributed by atoms with Gasteiger partial charge in [0.15, 0.2) is 5.96 Å². The summed E-state index contributed by atoms with van der Waals surface area (Å²) in [7, 11) is 1.85. The molecule has 0 bridgehead atoms. The zero-order chi connectivity index (χ0) is 12.7. The van der Waals surface area contributed by atoms with Gasteiger partial charge in [0.05, 0.1) is 0 Å². The van der Waals surface area contributed by atoms with Gasteiger partial charge in [-0.3, -0.25) is 4.99 Å². The summed E-state index contributed by atoms with van der Waals surface area (Å²) in [4.78, 5) is 4.28. The molecule has 0 radical (unpaired) electrons. The van der Waals surface area contributed by atoms with E-state index in [0.717, 1.165) is 19.0 Å². The number of nitrogens with one attached hydrogen (secondary N) is 2. The predicted octanol–water partition coefficient (Wildman–Crippen LogP) is 2.48. The van der Waals surface area contributed by atoms with E-state index in [9.17, 15) is 0 Å². The topological polar surface area (TPSA) is 36.4 Å². The van der Waals surface area contributed by atoms with Crippen LogP contribution in [-0.4, -0.2) is 37.6 Å². The molecule has 17 heavy (non-hydrogen) atoms. The van der Waals surface area contributed by atoms with Gasteiger partial charge >= 0.3 is 0 Å². The predicted molar refractivity (Wildman–Crippen MR) is 78.9 cm³/mol. The SMILES string of the molecule is CCC1(CNC(=NC)NCC(C)SC)CCC1. The van der Waals surface area contributed by atoms with Crippen LogP contribution >= 0.6 is 11.8 Å². The first-order valence-corrected chi connectivity index (χ1v) is 7.92. The lowest BCUT2D eigenvalue weighted by molar-refractivity contribution is 0.131.